The highest BCUT2D eigenvalue weighted by Gasteiger charge is 2.57. The maximum absolute atomic E-state index is 14.4. The number of benzene rings is 1. The quantitative estimate of drug-likeness (QED) is 0.165. The number of fused-ring (bicyclic) bond motifs is 1. The number of nitrogens with zero attached hydrogens (tertiary/aromatic N) is 2. The van der Waals surface area contributed by atoms with Crippen LogP contribution in [-0.2, 0) is 49.4 Å². The van der Waals surface area contributed by atoms with Crippen molar-refractivity contribution in [1.29, 1.82) is 0 Å². The van der Waals surface area contributed by atoms with Gasteiger partial charge in [-0.2, -0.15) is 0 Å². The Morgan fingerprint density at radius 3 is 2.31 bits per heavy atom. The number of carbonyl (C=O) groups is 4. The van der Waals surface area contributed by atoms with E-state index in [-0.39, 0.29) is 55.4 Å². The summed E-state index contributed by atoms with van der Waals surface area (Å²) in [6, 6.07) is 8.02. The minimum absolute atomic E-state index is 0.0205. The Morgan fingerprint density at radius 2 is 1.71 bits per heavy atom. The maximum Gasteiger partial charge on any atom is 0.410 e. The number of hydrogen-bond acceptors (Lipinski definition) is 12. The lowest BCUT2D eigenvalue weighted by atomic mass is 9.78. The zero-order valence-corrected chi connectivity index (χ0v) is 34.4. The van der Waals surface area contributed by atoms with Crippen LogP contribution in [0.2, 0.25) is 0 Å². The molecule has 4 saturated heterocycles. The molecule has 4 aliphatic rings. The van der Waals surface area contributed by atoms with Crippen molar-refractivity contribution >= 4 is 23.9 Å². The van der Waals surface area contributed by atoms with Crippen molar-refractivity contribution in [2.45, 2.75) is 141 Å². The number of ketones is 1. The fraction of sp³-hybridized carbons (Fsp3) is 0.756. The Balaban J connectivity index is 1.54. The zero-order valence-electron chi connectivity index (χ0n) is 34.4. The topological polar surface area (TPSA) is 155 Å². The number of rotatable bonds is 8. The van der Waals surface area contributed by atoms with Crippen molar-refractivity contribution in [3.8, 4) is 0 Å². The summed E-state index contributed by atoms with van der Waals surface area (Å²) in [5, 5.41) is 2.89. The van der Waals surface area contributed by atoms with Crippen LogP contribution in [-0.4, -0.2) is 128 Å². The molecular weight excluding hydrogens is 710 g/mol. The molecule has 0 radical (unpaired) electrons. The Labute approximate surface area is 326 Å². The number of Topliss-reactive ketones (excluding diaryl/α,β-unsaturated/α-hetero) is 1. The molecule has 0 aromatic heterocycles. The smallest absolute Gasteiger partial charge is 0.410 e. The molecule has 0 spiro atoms. The van der Waals surface area contributed by atoms with Crippen LogP contribution < -0.4 is 5.32 Å². The first-order chi connectivity index (χ1) is 25.9. The molecule has 0 saturated carbocycles. The van der Waals surface area contributed by atoms with Gasteiger partial charge in [-0.3, -0.25) is 9.59 Å². The summed E-state index contributed by atoms with van der Waals surface area (Å²) < 4.78 is 43.4. The summed E-state index contributed by atoms with van der Waals surface area (Å²) >= 11 is 0. The van der Waals surface area contributed by atoms with Crippen LogP contribution in [0, 0.1) is 23.7 Å². The average molecular weight is 774 g/mol. The molecule has 5 unspecified atom stereocenters. The van der Waals surface area contributed by atoms with Gasteiger partial charge in [-0.05, 0) is 72.5 Å². The van der Waals surface area contributed by atoms with E-state index in [1.807, 2.05) is 72.1 Å². The molecule has 5 rings (SSSR count). The second-order valence-electron chi connectivity index (χ2n) is 16.8. The molecule has 14 heteroatoms. The van der Waals surface area contributed by atoms with Gasteiger partial charge in [-0.1, -0.05) is 58.0 Å². The van der Waals surface area contributed by atoms with Crippen molar-refractivity contribution in [2.24, 2.45) is 23.7 Å². The van der Waals surface area contributed by atoms with Crippen molar-refractivity contribution < 1.29 is 52.3 Å². The molecule has 4 fully saturated rings. The summed E-state index contributed by atoms with van der Waals surface area (Å²) in [4.78, 5) is 59.2. The number of alkyl carbamates (subject to hydrolysis) is 1. The van der Waals surface area contributed by atoms with Crippen LogP contribution >= 0.6 is 0 Å². The van der Waals surface area contributed by atoms with E-state index < -0.39 is 71.8 Å². The first kappa shape index (κ1) is 42.8. The van der Waals surface area contributed by atoms with Gasteiger partial charge >= 0.3 is 18.2 Å². The normalized spacial score (nSPS) is 40.3. The van der Waals surface area contributed by atoms with E-state index in [1.54, 1.807) is 25.9 Å². The van der Waals surface area contributed by atoms with Gasteiger partial charge in [0.2, 0.25) is 0 Å². The fourth-order valence-corrected chi connectivity index (χ4v) is 9.00. The number of ether oxygens (including phenoxy) is 7. The van der Waals surface area contributed by atoms with E-state index in [9.17, 15) is 19.2 Å². The largest absolute Gasteiger partial charge is 0.458 e. The number of nitrogens with one attached hydrogen (secondary N) is 1. The van der Waals surface area contributed by atoms with E-state index in [1.165, 1.54) is 6.92 Å². The summed E-state index contributed by atoms with van der Waals surface area (Å²) in [6.45, 7) is 15.4. The van der Waals surface area contributed by atoms with Crippen molar-refractivity contribution in [3.05, 3.63) is 35.9 Å². The van der Waals surface area contributed by atoms with Gasteiger partial charge < -0.3 is 48.3 Å². The first-order valence-electron chi connectivity index (χ1n) is 19.8. The average Bonchev–Trinajstić information content (AvgIpc) is 3.96. The highest BCUT2D eigenvalue weighted by atomic mass is 16.7. The molecule has 55 heavy (non-hydrogen) atoms. The lowest BCUT2D eigenvalue weighted by Gasteiger charge is -2.48. The van der Waals surface area contributed by atoms with Gasteiger partial charge in [-0.15, -0.1) is 0 Å². The van der Waals surface area contributed by atoms with Gasteiger partial charge in [0.25, 0.3) is 0 Å². The molecule has 1 aromatic carbocycles. The second kappa shape index (κ2) is 17.5. The third kappa shape index (κ3) is 9.30. The molecular formula is C41H63N3O11. The highest BCUT2D eigenvalue weighted by Crippen LogP contribution is 2.41. The van der Waals surface area contributed by atoms with E-state index in [2.05, 4.69) is 17.1 Å². The minimum Gasteiger partial charge on any atom is -0.458 e. The van der Waals surface area contributed by atoms with Crippen molar-refractivity contribution in [3.63, 3.8) is 0 Å². The molecule has 14 nitrogen and oxygen atoms in total. The summed E-state index contributed by atoms with van der Waals surface area (Å²) in [5.74, 6) is -3.49. The van der Waals surface area contributed by atoms with Crippen LogP contribution in [0.3, 0.4) is 0 Å². The number of hydrogen-bond donors (Lipinski definition) is 1. The monoisotopic (exact) mass is 773 g/mol. The molecule has 4 aliphatic heterocycles. The number of carbonyl (C=O) groups excluding carboxylic acids is 4. The molecule has 308 valence electrons. The van der Waals surface area contributed by atoms with Crippen LogP contribution in [0.15, 0.2) is 30.3 Å². The van der Waals surface area contributed by atoms with E-state index in [0.29, 0.717) is 13.0 Å². The van der Waals surface area contributed by atoms with Crippen molar-refractivity contribution in [2.75, 3.05) is 34.4 Å². The number of methoxy groups -OCH3 is 1. The summed E-state index contributed by atoms with van der Waals surface area (Å²) in [7, 11) is 5.65. The van der Waals surface area contributed by atoms with Gasteiger partial charge in [0.1, 0.15) is 24.7 Å². The standard InChI is InChI=1S/C41H63N3O11/c1-12-32-41(8)34(42-38(47)55-41)27(6)44(39(48)51-21-28-16-14-13-15-17-28)20-23(2)19-40(7,49-11)35(25(4)33(45)26(5)36(46)53-32)54-37-24(3)29(43(9)10)18-30(52-37)31-22-50-31/h13-17,23-27,29-32,34-35,37H,12,18-22H2,1-11H3,(H,42,47)/t23-,24?,25+,26?,27-,29?,30?,31?,32-,34-,35-,37+,40-,41-/m1/s1. The third-order valence-electron chi connectivity index (χ3n) is 12.4. The minimum atomic E-state index is -1.39. The van der Waals surface area contributed by atoms with Crippen molar-refractivity contribution in [1.82, 2.24) is 15.1 Å². The predicted octanol–water partition coefficient (Wildman–Crippen LogP) is 4.95. The molecule has 1 N–H and O–H groups in total. The van der Waals surface area contributed by atoms with E-state index in [4.69, 9.17) is 33.2 Å². The van der Waals surface area contributed by atoms with E-state index in [0.717, 1.165) is 12.0 Å². The number of epoxide rings is 1. The molecule has 0 bridgehead atoms. The Morgan fingerprint density at radius 1 is 1.04 bits per heavy atom. The van der Waals surface area contributed by atoms with Crippen LogP contribution in [0.1, 0.15) is 80.2 Å². The summed E-state index contributed by atoms with van der Waals surface area (Å²) in [5.41, 5.74) is -1.67. The van der Waals surface area contributed by atoms with Crippen LogP contribution in [0.5, 0.6) is 0 Å². The van der Waals surface area contributed by atoms with Crippen LogP contribution in [0.25, 0.3) is 0 Å². The van der Waals surface area contributed by atoms with Gasteiger partial charge in [-0.25, -0.2) is 9.59 Å². The Hall–Kier alpha value is -3.30. The molecule has 1 aromatic rings. The lowest BCUT2D eigenvalue weighted by molar-refractivity contribution is -0.285. The Bertz CT molecular complexity index is 1510. The number of esters is 1. The molecule has 14 atom stereocenters. The maximum atomic E-state index is 14.4. The number of cyclic esters (lactones) is 1. The predicted molar refractivity (Wildman–Crippen MR) is 202 cm³/mol. The Kier molecular flexibility index (Phi) is 13.6. The van der Waals surface area contributed by atoms with Gasteiger partial charge in [0, 0.05) is 31.5 Å². The second-order valence-corrected chi connectivity index (χ2v) is 16.8. The molecule has 4 heterocycles. The first-order valence-corrected chi connectivity index (χ1v) is 19.8. The zero-order chi connectivity index (χ0) is 40.4. The van der Waals surface area contributed by atoms with Gasteiger partial charge in [0.05, 0.1) is 36.5 Å². The highest BCUT2D eigenvalue weighted by molar-refractivity contribution is 6.00. The SMILES string of the molecule is CC[C@H]1OC(=O)C(C)C(=O)[C@H](C)[C@@H](O[C@@H]2OC(C3CO3)CC(N(C)C)C2C)[C@](C)(OC)C[C@@H](C)CN(C(=O)OCc2ccccc2)[C@H](C)[C@H]2NC(=O)O[C@@]21C. The third-order valence-corrected chi connectivity index (χ3v) is 12.4. The molecule has 0 aliphatic carbocycles. The molecule has 2 amide bonds. The fourth-order valence-electron chi connectivity index (χ4n) is 9.00. The summed E-state index contributed by atoms with van der Waals surface area (Å²) in [6.07, 6.45) is -2.63. The number of amides is 2. The van der Waals surface area contributed by atoms with Gasteiger partial charge in [0.15, 0.2) is 17.7 Å². The lowest BCUT2D eigenvalue weighted by Crippen LogP contribution is -2.61. The van der Waals surface area contributed by atoms with Crippen LogP contribution in [0.4, 0.5) is 9.59 Å². The van der Waals surface area contributed by atoms with E-state index >= 15 is 0 Å².